The van der Waals surface area contributed by atoms with E-state index in [1.807, 2.05) is 36.4 Å². The highest BCUT2D eigenvalue weighted by Crippen LogP contribution is 2.18. The Morgan fingerprint density at radius 3 is 2.25 bits per heavy atom. The van der Waals surface area contributed by atoms with Crippen molar-refractivity contribution in [2.75, 3.05) is 0 Å². The summed E-state index contributed by atoms with van der Waals surface area (Å²) < 4.78 is 13.7. The van der Waals surface area contributed by atoms with Crippen LogP contribution in [0.2, 0.25) is 0 Å². The number of benzene rings is 2. The first-order valence-corrected chi connectivity index (χ1v) is 5.73. The van der Waals surface area contributed by atoms with Crippen molar-refractivity contribution in [2.45, 2.75) is 0 Å². The molecular formula is C14H10BrF. The minimum atomic E-state index is -0.210. The Morgan fingerprint density at radius 1 is 0.875 bits per heavy atom. The molecule has 0 aromatic heterocycles. The first-order valence-electron chi connectivity index (χ1n) is 4.94. The van der Waals surface area contributed by atoms with Crippen molar-refractivity contribution < 1.29 is 4.39 Å². The van der Waals surface area contributed by atoms with E-state index >= 15 is 0 Å². The van der Waals surface area contributed by atoms with Crippen molar-refractivity contribution >= 4 is 28.1 Å². The second kappa shape index (κ2) is 5.08. The molecule has 16 heavy (non-hydrogen) atoms. The second-order valence-corrected chi connectivity index (χ2v) is 4.26. The van der Waals surface area contributed by atoms with Crippen LogP contribution in [-0.4, -0.2) is 0 Å². The molecule has 80 valence electrons. The maximum Gasteiger partial charge on any atom is 0.123 e. The largest absolute Gasteiger partial charge is 0.207 e. The Bertz CT molecular complexity index is 500. The second-order valence-electron chi connectivity index (χ2n) is 3.41. The third kappa shape index (κ3) is 2.80. The molecule has 0 heterocycles. The average molecular weight is 277 g/mol. The van der Waals surface area contributed by atoms with Crippen LogP contribution in [0.15, 0.2) is 53.0 Å². The van der Waals surface area contributed by atoms with Gasteiger partial charge in [-0.25, -0.2) is 4.39 Å². The average Bonchev–Trinajstić information content (AvgIpc) is 2.30. The molecule has 0 saturated heterocycles. The fourth-order valence-electron chi connectivity index (χ4n) is 1.37. The molecule has 2 heteroatoms. The van der Waals surface area contributed by atoms with Crippen LogP contribution in [0.3, 0.4) is 0 Å². The molecule has 2 aromatic carbocycles. The van der Waals surface area contributed by atoms with Crippen LogP contribution in [0.5, 0.6) is 0 Å². The van der Waals surface area contributed by atoms with E-state index in [0.717, 1.165) is 15.6 Å². The van der Waals surface area contributed by atoms with Crippen LogP contribution in [0, 0.1) is 5.82 Å². The first-order chi connectivity index (χ1) is 7.75. The highest BCUT2D eigenvalue weighted by molar-refractivity contribution is 9.10. The lowest BCUT2D eigenvalue weighted by atomic mass is 10.1. The van der Waals surface area contributed by atoms with Crippen molar-refractivity contribution in [3.63, 3.8) is 0 Å². The van der Waals surface area contributed by atoms with Gasteiger partial charge in [-0.15, -0.1) is 0 Å². The Labute approximate surface area is 103 Å². The third-order valence-electron chi connectivity index (χ3n) is 2.23. The van der Waals surface area contributed by atoms with Crippen LogP contribution in [-0.2, 0) is 0 Å². The molecule has 0 N–H and O–H groups in total. The van der Waals surface area contributed by atoms with E-state index in [-0.39, 0.29) is 5.82 Å². The molecule has 0 saturated carbocycles. The summed E-state index contributed by atoms with van der Waals surface area (Å²) in [6.45, 7) is 0. The predicted molar refractivity (Wildman–Crippen MR) is 69.5 cm³/mol. The molecule has 0 bridgehead atoms. The highest BCUT2D eigenvalue weighted by atomic mass is 79.9. The van der Waals surface area contributed by atoms with Crippen LogP contribution < -0.4 is 0 Å². The lowest BCUT2D eigenvalue weighted by Gasteiger charge is -1.97. The first kappa shape index (κ1) is 11.1. The zero-order valence-electron chi connectivity index (χ0n) is 8.53. The van der Waals surface area contributed by atoms with E-state index < -0.39 is 0 Å². The normalized spacial score (nSPS) is 10.9. The van der Waals surface area contributed by atoms with Crippen molar-refractivity contribution in [3.05, 3.63) is 69.9 Å². The van der Waals surface area contributed by atoms with Gasteiger partial charge < -0.3 is 0 Å². The van der Waals surface area contributed by atoms with Crippen LogP contribution in [0.25, 0.3) is 12.2 Å². The van der Waals surface area contributed by atoms with E-state index in [2.05, 4.69) is 15.9 Å². The fourth-order valence-corrected chi connectivity index (χ4v) is 1.79. The maximum absolute atomic E-state index is 12.7. The standard InChI is InChI=1S/C14H10BrF/c15-14-4-2-1-3-12(14)8-5-11-6-9-13(16)10-7-11/h1-10H. The van der Waals surface area contributed by atoms with Gasteiger partial charge in [-0.3, -0.25) is 0 Å². The van der Waals surface area contributed by atoms with Gasteiger partial charge in [0.25, 0.3) is 0 Å². The van der Waals surface area contributed by atoms with Gasteiger partial charge in [0.05, 0.1) is 0 Å². The van der Waals surface area contributed by atoms with Gasteiger partial charge in [-0.2, -0.15) is 0 Å². The van der Waals surface area contributed by atoms with Gasteiger partial charge in [-0.1, -0.05) is 58.4 Å². The van der Waals surface area contributed by atoms with Crippen LogP contribution >= 0.6 is 15.9 Å². The molecule has 0 radical (unpaired) electrons. The van der Waals surface area contributed by atoms with Gasteiger partial charge in [0.15, 0.2) is 0 Å². The van der Waals surface area contributed by atoms with Crippen LogP contribution in [0.4, 0.5) is 4.39 Å². The Balaban J connectivity index is 2.21. The minimum absolute atomic E-state index is 0.210. The summed E-state index contributed by atoms with van der Waals surface area (Å²) in [7, 11) is 0. The third-order valence-corrected chi connectivity index (χ3v) is 2.95. The fraction of sp³-hybridized carbons (Fsp3) is 0. The molecule has 0 aliphatic heterocycles. The molecule has 0 aliphatic rings. The van der Waals surface area contributed by atoms with E-state index in [0.29, 0.717) is 0 Å². The van der Waals surface area contributed by atoms with E-state index in [1.54, 1.807) is 12.1 Å². The van der Waals surface area contributed by atoms with Gasteiger partial charge >= 0.3 is 0 Å². The minimum Gasteiger partial charge on any atom is -0.207 e. The molecule has 0 fully saturated rings. The molecule has 0 atom stereocenters. The molecule has 2 aromatic rings. The Hall–Kier alpha value is -1.41. The molecule has 0 unspecified atom stereocenters. The number of halogens is 2. The summed E-state index contributed by atoms with van der Waals surface area (Å²) in [6.07, 6.45) is 3.96. The van der Waals surface area contributed by atoms with E-state index in [1.165, 1.54) is 12.1 Å². The van der Waals surface area contributed by atoms with Gasteiger partial charge in [-0.05, 0) is 29.3 Å². The van der Waals surface area contributed by atoms with Crippen molar-refractivity contribution in [1.82, 2.24) is 0 Å². The monoisotopic (exact) mass is 276 g/mol. The predicted octanol–water partition coefficient (Wildman–Crippen LogP) is 4.76. The van der Waals surface area contributed by atoms with Gasteiger partial charge in [0.1, 0.15) is 5.82 Å². The summed E-state index contributed by atoms with van der Waals surface area (Å²) in [6, 6.07) is 14.4. The zero-order chi connectivity index (χ0) is 11.4. The lowest BCUT2D eigenvalue weighted by molar-refractivity contribution is 0.628. The molecule has 0 amide bonds. The summed E-state index contributed by atoms with van der Waals surface area (Å²) in [5.74, 6) is -0.210. The molecule has 0 nitrogen and oxygen atoms in total. The van der Waals surface area contributed by atoms with Crippen molar-refractivity contribution in [3.8, 4) is 0 Å². The Kier molecular flexibility index (Phi) is 3.52. The molecule has 2 rings (SSSR count). The van der Waals surface area contributed by atoms with E-state index in [9.17, 15) is 4.39 Å². The number of hydrogen-bond acceptors (Lipinski definition) is 0. The topological polar surface area (TPSA) is 0 Å². The summed E-state index contributed by atoms with van der Waals surface area (Å²) in [4.78, 5) is 0. The summed E-state index contributed by atoms with van der Waals surface area (Å²) >= 11 is 3.47. The quantitative estimate of drug-likeness (QED) is 0.694. The zero-order valence-corrected chi connectivity index (χ0v) is 10.1. The van der Waals surface area contributed by atoms with Gasteiger partial charge in [0, 0.05) is 4.47 Å². The smallest absolute Gasteiger partial charge is 0.123 e. The maximum atomic E-state index is 12.7. The molecular weight excluding hydrogens is 267 g/mol. The van der Waals surface area contributed by atoms with Crippen molar-refractivity contribution in [2.24, 2.45) is 0 Å². The van der Waals surface area contributed by atoms with E-state index in [4.69, 9.17) is 0 Å². The molecule has 0 aliphatic carbocycles. The van der Waals surface area contributed by atoms with Crippen molar-refractivity contribution in [1.29, 1.82) is 0 Å². The highest BCUT2D eigenvalue weighted by Gasteiger charge is 1.93. The Morgan fingerprint density at radius 2 is 1.56 bits per heavy atom. The van der Waals surface area contributed by atoms with Crippen LogP contribution in [0.1, 0.15) is 11.1 Å². The SMILES string of the molecule is Fc1ccc(C=Cc2ccccc2Br)cc1. The van der Waals surface area contributed by atoms with Gasteiger partial charge in [0.2, 0.25) is 0 Å². The number of rotatable bonds is 2. The summed E-state index contributed by atoms with van der Waals surface area (Å²) in [5, 5.41) is 0. The molecule has 0 spiro atoms. The lowest BCUT2D eigenvalue weighted by Crippen LogP contribution is -1.76. The summed E-state index contributed by atoms with van der Waals surface area (Å²) in [5.41, 5.74) is 2.09. The number of hydrogen-bond donors (Lipinski definition) is 0.